The van der Waals surface area contributed by atoms with E-state index in [0.29, 0.717) is 17.2 Å². The monoisotopic (exact) mass is 624 g/mol. The molecule has 0 bridgehead atoms. The molecule has 0 saturated heterocycles. The number of benzene rings is 7. The molecule has 0 amide bonds. The summed E-state index contributed by atoms with van der Waals surface area (Å²) in [6, 6.07) is 43.0. The second kappa shape index (κ2) is 9.86. The van der Waals surface area contributed by atoms with Gasteiger partial charge in [0.05, 0.1) is 15.9 Å². The van der Waals surface area contributed by atoms with Gasteiger partial charge in [0, 0.05) is 41.7 Å². The maximum Gasteiger partial charge on any atom is 0.265 e. The van der Waals surface area contributed by atoms with E-state index in [1.54, 1.807) is 23.5 Å². The highest BCUT2D eigenvalue weighted by Gasteiger charge is 2.34. The van der Waals surface area contributed by atoms with Gasteiger partial charge in [-0.25, -0.2) is 9.97 Å². The van der Waals surface area contributed by atoms with Crippen LogP contribution in [0.2, 0.25) is 0 Å². The fraction of sp³-hybridized carbons (Fsp3) is 0.0476. The number of aryl methyl sites for hydroxylation is 2. The number of hydrogen-bond donors (Lipinski definition) is 0. The van der Waals surface area contributed by atoms with Gasteiger partial charge in [0.15, 0.2) is 5.75 Å². The summed E-state index contributed by atoms with van der Waals surface area (Å²) in [6.45, 7) is -0.272. The van der Waals surface area contributed by atoms with E-state index in [9.17, 15) is 0 Å². The third-order valence-corrected chi connectivity index (χ3v) is 10.5. The summed E-state index contributed by atoms with van der Waals surface area (Å²) in [4.78, 5) is 17.4. The fourth-order valence-electron chi connectivity index (χ4n) is 7.25. The molecule has 1 aliphatic rings. The van der Waals surface area contributed by atoms with Crippen LogP contribution in [0.5, 0.6) is 5.75 Å². The van der Waals surface area contributed by atoms with Crippen LogP contribution < -0.4 is 9.90 Å². The lowest BCUT2D eigenvalue weighted by atomic mass is 9.89. The summed E-state index contributed by atoms with van der Waals surface area (Å²) >= 11 is 1.75. The summed E-state index contributed by atoms with van der Waals surface area (Å²) in [5, 5.41) is 9.62. The maximum absolute atomic E-state index is 7.97. The van der Waals surface area contributed by atoms with Gasteiger partial charge in [-0.3, -0.25) is 0 Å². The van der Waals surface area contributed by atoms with Gasteiger partial charge in [-0.15, -0.1) is 16.4 Å². The fourth-order valence-corrected chi connectivity index (χ4v) is 8.50. The number of thiophene rings is 1. The summed E-state index contributed by atoms with van der Waals surface area (Å²) < 4.78 is 26.2. The molecule has 0 unspecified atom stereocenters. The van der Waals surface area contributed by atoms with Crippen LogP contribution in [-0.2, 0) is 0 Å². The first-order valence-electron chi connectivity index (χ1n) is 17.1. The standard InChI is InChI=1S/C42H27N3OS/c1-24-19-21-27(25(2)23-24)39-31-15-7-9-17-33(31)43-42(44-39)45-40-38(37-28-12-4-3-11-26(28)20-22-34(37)46-45)30-14-6-5-13-29(30)36-32-16-8-10-18-35(32)47-41(36)40/h3-23H,1-2H3/i1D3. The number of para-hydroxylation sites is 1. The van der Waals surface area contributed by atoms with Crippen LogP contribution in [0.3, 0.4) is 0 Å². The van der Waals surface area contributed by atoms with Crippen molar-refractivity contribution in [3.05, 3.63) is 139 Å². The molecule has 0 aliphatic carbocycles. The number of aromatic nitrogens is 2. The average molecular weight is 625 g/mol. The molecule has 2 aromatic heterocycles. The van der Waals surface area contributed by atoms with Gasteiger partial charge in [0.2, 0.25) is 0 Å². The van der Waals surface area contributed by atoms with E-state index >= 15 is 0 Å². The van der Waals surface area contributed by atoms with E-state index in [-0.39, 0.29) is 0 Å². The minimum Gasteiger partial charge on any atom is -0.371 e. The van der Waals surface area contributed by atoms with Crippen molar-refractivity contribution in [2.75, 3.05) is 5.06 Å². The van der Waals surface area contributed by atoms with Crippen molar-refractivity contribution in [2.24, 2.45) is 0 Å². The summed E-state index contributed by atoms with van der Waals surface area (Å²) in [5.74, 6) is 1.12. The van der Waals surface area contributed by atoms with Crippen molar-refractivity contribution in [1.29, 1.82) is 0 Å². The Balaban J connectivity index is 1.33. The Hall–Kier alpha value is -5.78. The highest BCUT2D eigenvalue weighted by molar-refractivity contribution is 7.26. The molecular weight excluding hydrogens is 595 g/mol. The Kier molecular flexibility index (Phi) is 4.94. The predicted molar refractivity (Wildman–Crippen MR) is 197 cm³/mol. The molecule has 10 rings (SSSR count). The molecule has 4 nitrogen and oxygen atoms in total. The van der Waals surface area contributed by atoms with Gasteiger partial charge < -0.3 is 4.84 Å². The lowest BCUT2D eigenvalue weighted by Gasteiger charge is -2.33. The number of nitrogens with zero attached hydrogens (tertiary/aromatic N) is 3. The molecule has 0 atom stereocenters. The van der Waals surface area contributed by atoms with Gasteiger partial charge >= 0.3 is 0 Å². The van der Waals surface area contributed by atoms with Crippen molar-refractivity contribution in [1.82, 2.24) is 9.97 Å². The predicted octanol–water partition coefficient (Wildman–Crippen LogP) is 11.7. The van der Waals surface area contributed by atoms with Crippen LogP contribution >= 0.6 is 11.3 Å². The molecule has 0 spiro atoms. The molecule has 1 aliphatic heterocycles. The SMILES string of the molecule is [2H]C([2H])([2H])c1ccc(-c2nc(N3Oc4ccc5ccccc5c4-c4c3c3sc5ccccc5c3c3ccccc43)nc3ccccc23)c(C)c1. The van der Waals surface area contributed by atoms with Crippen LogP contribution in [-0.4, -0.2) is 9.97 Å². The third-order valence-electron chi connectivity index (χ3n) is 9.30. The van der Waals surface area contributed by atoms with Crippen molar-refractivity contribution < 1.29 is 8.95 Å². The molecule has 3 heterocycles. The Labute approximate surface area is 279 Å². The minimum atomic E-state index is -2.20. The van der Waals surface area contributed by atoms with E-state index in [0.717, 1.165) is 65.5 Å². The quantitative estimate of drug-likeness (QED) is 0.192. The minimum absolute atomic E-state index is 0.300. The number of rotatable bonds is 2. The molecule has 5 heteroatoms. The molecule has 0 N–H and O–H groups in total. The first kappa shape index (κ1) is 23.5. The number of anilines is 2. The molecular formula is C42H27N3OS. The van der Waals surface area contributed by atoms with Crippen molar-refractivity contribution in [3.63, 3.8) is 0 Å². The van der Waals surface area contributed by atoms with Crippen molar-refractivity contribution in [3.8, 4) is 28.1 Å². The molecule has 9 aromatic rings. The van der Waals surface area contributed by atoms with E-state index < -0.39 is 6.85 Å². The van der Waals surface area contributed by atoms with E-state index in [1.165, 1.54) is 20.9 Å². The van der Waals surface area contributed by atoms with Crippen molar-refractivity contribution >= 4 is 75.6 Å². The topological polar surface area (TPSA) is 38.2 Å². The van der Waals surface area contributed by atoms with Gasteiger partial charge in [0.1, 0.15) is 5.69 Å². The summed E-state index contributed by atoms with van der Waals surface area (Å²) in [6.07, 6.45) is 0. The third kappa shape index (κ3) is 3.81. The van der Waals surface area contributed by atoms with Crippen LogP contribution in [0.15, 0.2) is 127 Å². The molecule has 7 aromatic carbocycles. The molecule has 222 valence electrons. The normalized spacial score (nSPS) is 13.8. The van der Waals surface area contributed by atoms with Crippen LogP contribution in [0.1, 0.15) is 15.2 Å². The lowest BCUT2D eigenvalue weighted by molar-refractivity contribution is 0.316. The Bertz CT molecular complexity index is 2880. The van der Waals surface area contributed by atoms with Crippen LogP contribution in [0.25, 0.3) is 75.0 Å². The molecule has 0 radical (unpaired) electrons. The van der Waals surface area contributed by atoms with Crippen molar-refractivity contribution in [2.45, 2.75) is 13.8 Å². The smallest absolute Gasteiger partial charge is 0.265 e. The molecule has 0 fully saturated rings. The number of hydrogen-bond acceptors (Lipinski definition) is 5. The lowest BCUT2D eigenvalue weighted by Crippen LogP contribution is -2.28. The van der Waals surface area contributed by atoms with Gasteiger partial charge in [-0.05, 0) is 59.1 Å². The zero-order chi connectivity index (χ0) is 33.7. The highest BCUT2D eigenvalue weighted by atomic mass is 32.1. The summed E-state index contributed by atoms with van der Waals surface area (Å²) in [5.41, 5.74) is 6.46. The zero-order valence-electron chi connectivity index (χ0n) is 28.3. The van der Waals surface area contributed by atoms with E-state index in [2.05, 4.69) is 78.9 Å². The number of fused-ring (bicyclic) bond motifs is 13. The maximum atomic E-state index is 7.97. The Morgan fingerprint density at radius 2 is 1.43 bits per heavy atom. The highest BCUT2D eigenvalue weighted by Crippen LogP contribution is 2.56. The van der Waals surface area contributed by atoms with Crippen LogP contribution in [0, 0.1) is 13.8 Å². The van der Waals surface area contributed by atoms with Crippen LogP contribution in [0.4, 0.5) is 11.6 Å². The van der Waals surface area contributed by atoms with E-state index in [1.807, 2.05) is 48.4 Å². The summed E-state index contributed by atoms with van der Waals surface area (Å²) in [7, 11) is 0. The Morgan fingerprint density at radius 3 is 2.28 bits per heavy atom. The second-order valence-electron chi connectivity index (χ2n) is 12.0. The van der Waals surface area contributed by atoms with Gasteiger partial charge in [-0.2, -0.15) is 0 Å². The van der Waals surface area contributed by atoms with E-state index in [4.69, 9.17) is 18.9 Å². The largest absolute Gasteiger partial charge is 0.371 e. The van der Waals surface area contributed by atoms with Gasteiger partial charge in [0.25, 0.3) is 5.95 Å². The first-order valence-corrected chi connectivity index (χ1v) is 16.4. The Morgan fingerprint density at radius 1 is 0.681 bits per heavy atom. The average Bonchev–Trinajstić information content (AvgIpc) is 3.53. The first-order chi connectivity index (χ1) is 24.3. The zero-order valence-corrected chi connectivity index (χ0v) is 26.1. The second-order valence-corrected chi connectivity index (χ2v) is 13.1. The molecule has 47 heavy (non-hydrogen) atoms. The van der Waals surface area contributed by atoms with Gasteiger partial charge in [-0.1, -0.05) is 115 Å². The molecule has 0 saturated carbocycles.